The number of rotatable bonds is 5. The summed E-state index contributed by atoms with van der Waals surface area (Å²) in [4.78, 5) is 0. The van der Waals surface area contributed by atoms with Crippen LogP contribution in [-0.2, 0) is 0 Å². The number of hydrogen-bond donors (Lipinski definition) is 2. The molecule has 94 valence electrons. The van der Waals surface area contributed by atoms with Gasteiger partial charge in [0.25, 0.3) is 0 Å². The van der Waals surface area contributed by atoms with Gasteiger partial charge in [-0.1, -0.05) is 48.5 Å². The molecule has 0 saturated carbocycles. The Bertz CT molecular complexity index is 456. The first kappa shape index (κ1) is 12.6. The summed E-state index contributed by atoms with van der Waals surface area (Å²) < 4.78 is 5.40. The van der Waals surface area contributed by atoms with Crippen molar-refractivity contribution in [1.29, 1.82) is 0 Å². The molecule has 0 aliphatic rings. The van der Waals surface area contributed by atoms with Crippen LogP contribution in [0.3, 0.4) is 0 Å². The molecule has 0 aromatic heterocycles. The van der Waals surface area contributed by atoms with E-state index in [1.165, 1.54) is 0 Å². The molecule has 2 unspecified atom stereocenters. The molecule has 3 heteroatoms. The third kappa shape index (κ3) is 3.32. The van der Waals surface area contributed by atoms with Gasteiger partial charge in [-0.3, -0.25) is 0 Å². The second kappa shape index (κ2) is 6.19. The zero-order chi connectivity index (χ0) is 12.8. The highest BCUT2D eigenvalue weighted by Crippen LogP contribution is 2.17. The third-order valence-corrected chi connectivity index (χ3v) is 2.67. The molecule has 0 amide bonds. The van der Waals surface area contributed by atoms with Gasteiger partial charge in [-0.05, 0) is 17.7 Å². The number of ether oxygens (including phenoxy) is 1. The highest BCUT2D eigenvalue weighted by Gasteiger charge is 2.18. The number of hydrogen-bond acceptors (Lipinski definition) is 3. The fraction of sp³-hybridized carbons (Fsp3) is 0.200. The summed E-state index contributed by atoms with van der Waals surface area (Å²) in [7, 11) is 0. The van der Waals surface area contributed by atoms with Crippen LogP contribution in [0.25, 0.3) is 0 Å². The first-order valence-corrected chi connectivity index (χ1v) is 5.86. The van der Waals surface area contributed by atoms with E-state index in [9.17, 15) is 10.2 Å². The molecular weight excluding hydrogens is 228 g/mol. The molecule has 0 bridgehead atoms. The molecular formula is C15H16O3. The van der Waals surface area contributed by atoms with Gasteiger partial charge in [0, 0.05) is 0 Å². The number of aliphatic hydroxyl groups is 2. The van der Waals surface area contributed by atoms with Crippen LogP contribution in [0.4, 0.5) is 0 Å². The van der Waals surface area contributed by atoms with Gasteiger partial charge in [0.05, 0.1) is 0 Å². The van der Waals surface area contributed by atoms with E-state index in [4.69, 9.17) is 4.74 Å². The van der Waals surface area contributed by atoms with Crippen molar-refractivity contribution in [2.45, 2.75) is 12.2 Å². The number of benzene rings is 2. The second-order valence-electron chi connectivity index (χ2n) is 4.05. The lowest BCUT2D eigenvalue weighted by atomic mass is 10.1. The zero-order valence-electron chi connectivity index (χ0n) is 9.94. The van der Waals surface area contributed by atoms with Crippen molar-refractivity contribution in [3.63, 3.8) is 0 Å². The average molecular weight is 244 g/mol. The van der Waals surface area contributed by atoms with Crippen LogP contribution in [0, 0.1) is 0 Å². The van der Waals surface area contributed by atoms with Crippen molar-refractivity contribution in [3.05, 3.63) is 66.2 Å². The van der Waals surface area contributed by atoms with Crippen LogP contribution in [0.2, 0.25) is 0 Å². The van der Waals surface area contributed by atoms with Gasteiger partial charge < -0.3 is 14.9 Å². The minimum Gasteiger partial charge on any atom is -0.491 e. The van der Waals surface area contributed by atoms with E-state index >= 15 is 0 Å². The number of aliphatic hydroxyl groups excluding tert-OH is 2. The monoisotopic (exact) mass is 244 g/mol. The van der Waals surface area contributed by atoms with Gasteiger partial charge in [0.1, 0.15) is 24.6 Å². The van der Waals surface area contributed by atoms with Crippen LogP contribution >= 0.6 is 0 Å². The Morgan fingerprint density at radius 1 is 0.833 bits per heavy atom. The molecule has 2 aromatic carbocycles. The van der Waals surface area contributed by atoms with E-state index < -0.39 is 12.2 Å². The summed E-state index contributed by atoms with van der Waals surface area (Å²) in [5.74, 6) is 0.678. The predicted molar refractivity (Wildman–Crippen MR) is 69.3 cm³/mol. The van der Waals surface area contributed by atoms with Crippen molar-refractivity contribution >= 4 is 0 Å². The number of para-hydroxylation sites is 1. The first-order chi connectivity index (χ1) is 8.77. The van der Waals surface area contributed by atoms with Crippen LogP contribution in [0.5, 0.6) is 5.75 Å². The van der Waals surface area contributed by atoms with Crippen molar-refractivity contribution in [2.75, 3.05) is 6.61 Å². The predicted octanol–water partition coefficient (Wildman–Crippen LogP) is 2.16. The Morgan fingerprint density at radius 2 is 1.39 bits per heavy atom. The van der Waals surface area contributed by atoms with E-state index in [0.717, 1.165) is 0 Å². The first-order valence-electron chi connectivity index (χ1n) is 5.86. The van der Waals surface area contributed by atoms with E-state index in [1.807, 2.05) is 48.5 Å². The quantitative estimate of drug-likeness (QED) is 0.847. The Labute approximate surface area is 106 Å². The summed E-state index contributed by atoms with van der Waals surface area (Å²) in [5.41, 5.74) is 0.682. The molecule has 0 aliphatic carbocycles. The lowest BCUT2D eigenvalue weighted by molar-refractivity contribution is -0.00899. The van der Waals surface area contributed by atoms with Crippen molar-refractivity contribution < 1.29 is 14.9 Å². The molecule has 0 fully saturated rings. The largest absolute Gasteiger partial charge is 0.491 e. The second-order valence-corrected chi connectivity index (χ2v) is 4.05. The van der Waals surface area contributed by atoms with E-state index in [1.54, 1.807) is 12.1 Å². The zero-order valence-corrected chi connectivity index (χ0v) is 9.94. The van der Waals surface area contributed by atoms with Gasteiger partial charge in [0.15, 0.2) is 0 Å². The lowest BCUT2D eigenvalue weighted by Crippen LogP contribution is -2.25. The molecule has 3 nitrogen and oxygen atoms in total. The summed E-state index contributed by atoms with van der Waals surface area (Å²) in [6.45, 7) is 0.0556. The average Bonchev–Trinajstić information content (AvgIpc) is 2.46. The van der Waals surface area contributed by atoms with E-state index in [-0.39, 0.29) is 6.61 Å². The van der Waals surface area contributed by atoms with Gasteiger partial charge in [-0.15, -0.1) is 0 Å². The van der Waals surface area contributed by atoms with E-state index in [2.05, 4.69) is 0 Å². The highest BCUT2D eigenvalue weighted by atomic mass is 16.5. The molecule has 2 aromatic rings. The smallest absolute Gasteiger partial charge is 0.119 e. The maximum absolute atomic E-state index is 9.94. The van der Waals surface area contributed by atoms with Crippen LogP contribution in [0.15, 0.2) is 60.7 Å². The summed E-state index contributed by atoms with van der Waals surface area (Å²) in [5, 5.41) is 19.8. The van der Waals surface area contributed by atoms with Crippen LogP contribution in [0.1, 0.15) is 11.7 Å². The van der Waals surface area contributed by atoms with E-state index in [0.29, 0.717) is 11.3 Å². The van der Waals surface area contributed by atoms with Gasteiger partial charge in [-0.25, -0.2) is 0 Å². The molecule has 0 radical (unpaired) electrons. The summed E-state index contributed by atoms with van der Waals surface area (Å²) in [6, 6.07) is 18.3. The Hall–Kier alpha value is -1.84. The minimum atomic E-state index is -0.951. The molecule has 0 heterocycles. The Kier molecular flexibility index (Phi) is 4.34. The maximum atomic E-state index is 9.94. The molecule has 18 heavy (non-hydrogen) atoms. The van der Waals surface area contributed by atoms with Crippen LogP contribution < -0.4 is 4.74 Å². The fourth-order valence-electron chi connectivity index (χ4n) is 1.66. The van der Waals surface area contributed by atoms with Crippen molar-refractivity contribution in [3.8, 4) is 5.75 Å². The molecule has 2 rings (SSSR count). The lowest BCUT2D eigenvalue weighted by Gasteiger charge is -2.18. The van der Waals surface area contributed by atoms with Crippen LogP contribution in [-0.4, -0.2) is 22.9 Å². The Morgan fingerprint density at radius 3 is 2.00 bits per heavy atom. The van der Waals surface area contributed by atoms with Gasteiger partial charge >= 0.3 is 0 Å². The van der Waals surface area contributed by atoms with Crippen molar-refractivity contribution in [2.24, 2.45) is 0 Å². The molecule has 2 atom stereocenters. The Balaban J connectivity index is 1.90. The topological polar surface area (TPSA) is 49.7 Å². The summed E-state index contributed by atoms with van der Waals surface area (Å²) >= 11 is 0. The minimum absolute atomic E-state index is 0.0556. The molecule has 0 saturated heterocycles. The third-order valence-electron chi connectivity index (χ3n) is 2.67. The van der Waals surface area contributed by atoms with Gasteiger partial charge in [0.2, 0.25) is 0 Å². The van der Waals surface area contributed by atoms with Crippen molar-refractivity contribution in [1.82, 2.24) is 0 Å². The highest BCUT2D eigenvalue weighted by molar-refractivity contribution is 5.21. The normalized spacial score (nSPS) is 13.9. The molecule has 2 N–H and O–H groups in total. The molecule has 0 spiro atoms. The summed E-state index contributed by atoms with van der Waals surface area (Å²) in [6.07, 6.45) is -1.89. The SMILES string of the molecule is OC(COc1ccccc1)C(O)c1ccccc1. The van der Waals surface area contributed by atoms with Gasteiger partial charge in [-0.2, -0.15) is 0 Å². The maximum Gasteiger partial charge on any atom is 0.119 e. The standard InChI is InChI=1S/C15H16O3/c16-14(11-18-13-9-5-2-6-10-13)15(17)12-7-3-1-4-8-12/h1-10,14-17H,11H2. The fourth-order valence-corrected chi connectivity index (χ4v) is 1.66. The molecule has 0 aliphatic heterocycles.